The molecule has 0 saturated heterocycles. The van der Waals surface area contributed by atoms with E-state index in [-0.39, 0.29) is 9.92 Å². The van der Waals surface area contributed by atoms with E-state index in [9.17, 15) is 10.1 Å². The Morgan fingerprint density at radius 1 is 1.64 bits per heavy atom. The van der Waals surface area contributed by atoms with E-state index in [4.69, 9.17) is 5.73 Å². The molecule has 0 amide bonds. The highest BCUT2D eigenvalue weighted by Gasteiger charge is 2.08. The fourth-order valence-electron chi connectivity index (χ4n) is 0.741. The molecular weight excluding hydrogens is 164 g/mol. The Labute approximate surface area is 67.8 Å². The van der Waals surface area contributed by atoms with Crippen LogP contribution < -0.4 is 5.73 Å². The van der Waals surface area contributed by atoms with E-state index in [1.54, 1.807) is 6.07 Å². The first kappa shape index (κ1) is 8.16. The molecule has 0 saturated carbocycles. The predicted molar refractivity (Wildman–Crippen MR) is 43.7 cm³/mol. The maximum atomic E-state index is 10.2. The van der Waals surface area contributed by atoms with Crippen LogP contribution >= 0.6 is 11.3 Å². The first-order chi connectivity index (χ1) is 5.24. The van der Waals surface area contributed by atoms with Crippen LogP contribution in [-0.4, -0.2) is 11.5 Å². The Bertz CT molecular complexity index is 259. The van der Waals surface area contributed by atoms with Gasteiger partial charge in [0.05, 0.1) is 4.92 Å². The lowest BCUT2D eigenvalue weighted by molar-refractivity contribution is -0.380. The molecule has 60 valence electrons. The number of nitro groups is 1. The van der Waals surface area contributed by atoms with Crippen molar-refractivity contribution in [1.82, 2.24) is 0 Å². The topological polar surface area (TPSA) is 69.2 Å². The van der Waals surface area contributed by atoms with Gasteiger partial charge in [-0.3, -0.25) is 10.1 Å². The van der Waals surface area contributed by atoms with Crippen molar-refractivity contribution in [1.29, 1.82) is 0 Å². The highest BCUT2D eigenvalue weighted by Crippen LogP contribution is 2.23. The van der Waals surface area contributed by atoms with Crippen molar-refractivity contribution in [2.75, 3.05) is 6.54 Å². The van der Waals surface area contributed by atoms with E-state index < -0.39 is 0 Å². The maximum absolute atomic E-state index is 10.2. The minimum Gasteiger partial charge on any atom is -0.330 e. The second kappa shape index (κ2) is 3.45. The number of nitrogens with two attached hydrogens (primary N) is 1. The van der Waals surface area contributed by atoms with Crippen LogP contribution in [-0.2, 0) is 6.42 Å². The Morgan fingerprint density at radius 3 is 2.82 bits per heavy atom. The smallest absolute Gasteiger partial charge is 0.324 e. The van der Waals surface area contributed by atoms with Gasteiger partial charge < -0.3 is 5.73 Å². The summed E-state index contributed by atoms with van der Waals surface area (Å²) in [4.78, 5) is 10.8. The van der Waals surface area contributed by atoms with Crippen molar-refractivity contribution >= 4 is 16.3 Å². The molecule has 0 atom stereocenters. The van der Waals surface area contributed by atoms with Crippen molar-refractivity contribution in [2.45, 2.75) is 6.42 Å². The number of hydrogen-bond acceptors (Lipinski definition) is 4. The average molecular weight is 172 g/mol. The summed E-state index contributed by atoms with van der Waals surface area (Å²) in [6.45, 7) is 0.539. The van der Waals surface area contributed by atoms with Gasteiger partial charge >= 0.3 is 5.00 Å². The summed E-state index contributed by atoms with van der Waals surface area (Å²) in [5, 5.41) is 10.4. The van der Waals surface area contributed by atoms with Crippen molar-refractivity contribution in [3.05, 3.63) is 27.1 Å². The van der Waals surface area contributed by atoms with E-state index in [1.807, 2.05) is 0 Å². The minimum atomic E-state index is -0.384. The van der Waals surface area contributed by atoms with E-state index in [0.29, 0.717) is 6.54 Å². The number of thiophene rings is 1. The van der Waals surface area contributed by atoms with Crippen molar-refractivity contribution in [2.24, 2.45) is 5.73 Å². The largest absolute Gasteiger partial charge is 0.330 e. The van der Waals surface area contributed by atoms with Crippen LogP contribution in [0.4, 0.5) is 5.00 Å². The van der Waals surface area contributed by atoms with Crippen molar-refractivity contribution < 1.29 is 4.92 Å². The molecule has 5 heteroatoms. The number of hydrogen-bond donors (Lipinski definition) is 1. The molecular formula is C6H8N2O2S. The van der Waals surface area contributed by atoms with E-state index >= 15 is 0 Å². The summed E-state index contributed by atoms with van der Waals surface area (Å²) in [6.07, 6.45) is 0.721. The van der Waals surface area contributed by atoms with Gasteiger partial charge in [-0.05, 0) is 19.0 Å². The van der Waals surface area contributed by atoms with Gasteiger partial charge in [-0.2, -0.15) is 0 Å². The monoisotopic (exact) mass is 172 g/mol. The highest BCUT2D eigenvalue weighted by molar-refractivity contribution is 7.15. The summed E-state index contributed by atoms with van der Waals surface area (Å²) in [7, 11) is 0. The zero-order chi connectivity index (χ0) is 8.27. The van der Waals surface area contributed by atoms with E-state index in [2.05, 4.69) is 0 Å². The van der Waals surface area contributed by atoms with Crippen LogP contribution in [0.2, 0.25) is 0 Å². The molecule has 0 aromatic carbocycles. The lowest BCUT2D eigenvalue weighted by Gasteiger charge is -1.86. The van der Waals surface area contributed by atoms with Crippen LogP contribution in [0.15, 0.2) is 12.1 Å². The molecule has 11 heavy (non-hydrogen) atoms. The average Bonchev–Trinajstić information content (AvgIpc) is 2.37. The molecule has 1 heterocycles. The molecule has 2 N–H and O–H groups in total. The Balaban J connectivity index is 2.73. The van der Waals surface area contributed by atoms with Crippen LogP contribution in [0.3, 0.4) is 0 Å². The van der Waals surface area contributed by atoms with E-state index in [1.165, 1.54) is 17.4 Å². The molecule has 0 radical (unpaired) electrons. The molecule has 0 spiro atoms. The summed E-state index contributed by atoms with van der Waals surface area (Å²) in [5.74, 6) is 0. The van der Waals surface area contributed by atoms with Gasteiger partial charge in [0.25, 0.3) is 0 Å². The van der Waals surface area contributed by atoms with Crippen LogP contribution in [0, 0.1) is 10.1 Å². The molecule has 0 aliphatic heterocycles. The summed E-state index contributed by atoms with van der Waals surface area (Å²) in [6, 6.07) is 3.26. The lowest BCUT2D eigenvalue weighted by atomic mass is 10.3. The van der Waals surface area contributed by atoms with Gasteiger partial charge in [-0.25, -0.2) is 0 Å². The third-order valence-electron chi connectivity index (χ3n) is 1.22. The van der Waals surface area contributed by atoms with Crippen LogP contribution in [0.5, 0.6) is 0 Å². The van der Waals surface area contributed by atoms with Crippen molar-refractivity contribution in [3.8, 4) is 0 Å². The minimum absolute atomic E-state index is 0.188. The van der Waals surface area contributed by atoms with Crippen molar-refractivity contribution in [3.63, 3.8) is 0 Å². The molecule has 0 unspecified atom stereocenters. The first-order valence-electron chi connectivity index (χ1n) is 3.17. The molecule has 1 aromatic rings. The maximum Gasteiger partial charge on any atom is 0.324 e. The Hall–Kier alpha value is -0.940. The molecule has 4 nitrogen and oxygen atoms in total. The third kappa shape index (κ3) is 1.99. The van der Waals surface area contributed by atoms with Gasteiger partial charge in [0.15, 0.2) is 0 Å². The Morgan fingerprint density at radius 2 is 2.36 bits per heavy atom. The summed E-state index contributed by atoms with van der Waals surface area (Å²) >= 11 is 1.19. The van der Waals surface area contributed by atoms with E-state index in [0.717, 1.165) is 11.3 Å². The van der Waals surface area contributed by atoms with Gasteiger partial charge in [-0.15, -0.1) is 0 Å². The quantitative estimate of drug-likeness (QED) is 0.549. The Kier molecular flexibility index (Phi) is 2.56. The standard InChI is InChI=1S/C6H8N2O2S/c7-4-3-5-1-2-6(11-5)8(9)10/h1-2H,3-4,7H2. The fourth-order valence-corrected chi connectivity index (χ4v) is 1.58. The lowest BCUT2D eigenvalue weighted by Crippen LogP contribution is -2.00. The molecule has 0 fully saturated rings. The van der Waals surface area contributed by atoms with Gasteiger partial charge in [0.2, 0.25) is 0 Å². The second-order valence-corrected chi connectivity index (χ2v) is 3.18. The van der Waals surface area contributed by atoms with Gasteiger partial charge in [-0.1, -0.05) is 11.3 Å². The molecule has 0 aliphatic carbocycles. The molecule has 1 rings (SSSR count). The third-order valence-corrected chi connectivity index (χ3v) is 2.31. The predicted octanol–water partition coefficient (Wildman–Crippen LogP) is 1.16. The fraction of sp³-hybridized carbons (Fsp3) is 0.333. The molecule has 0 aliphatic rings. The zero-order valence-electron chi connectivity index (χ0n) is 5.82. The summed E-state index contributed by atoms with van der Waals surface area (Å²) < 4.78 is 0. The van der Waals surface area contributed by atoms with Crippen LogP contribution in [0.25, 0.3) is 0 Å². The highest BCUT2D eigenvalue weighted by atomic mass is 32.1. The molecule has 1 aromatic heterocycles. The summed E-state index contributed by atoms with van der Waals surface area (Å²) in [5.41, 5.74) is 5.28. The normalized spacial score (nSPS) is 9.91. The number of rotatable bonds is 3. The van der Waals surface area contributed by atoms with Gasteiger partial charge in [0, 0.05) is 10.9 Å². The first-order valence-corrected chi connectivity index (χ1v) is 3.99. The second-order valence-electron chi connectivity index (χ2n) is 2.04. The number of nitrogens with zero attached hydrogens (tertiary/aromatic N) is 1. The zero-order valence-corrected chi connectivity index (χ0v) is 6.63. The molecule has 0 bridgehead atoms. The van der Waals surface area contributed by atoms with Gasteiger partial charge in [0.1, 0.15) is 0 Å². The van der Waals surface area contributed by atoms with Crippen LogP contribution in [0.1, 0.15) is 4.88 Å². The SMILES string of the molecule is NCCc1ccc([N+](=O)[O-])s1.